The third-order valence-electron chi connectivity index (χ3n) is 2.38. The second-order valence-electron chi connectivity index (χ2n) is 3.28. The quantitative estimate of drug-likeness (QED) is 0.390. The van der Waals surface area contributed by atoms with Gasteiger partial charge in [-0.2, -0.15) is 0 Å². The Morgan fingerprint density at radius 1 is 1.57 bits per heavy atom. The molecule has 2 heterocycles. The Kier molecular flexibility index (Phi) is 2.58. The van der Waals surface area contributed by atoms with Crippen molar-refractivity contribution in [3.63, 3.8) is 0 Å². The molecule has 0 unspecified atom stereocenters. The topological polar surface area (TPSA) is 91.2 Å². The zero-order valence-corrected chi connectivity index (χ0v) is 7.98. The van der Waals surface area contributed by atoms with E-state index in [1.807, 2.05) is 0 Å². The Balaban J connectivity index is 2.11. The maximum absolute atomic E-state index is 9.39. The standard InChI is InChI=1S/C7H11NO5S/c9-1-2(10)4-3-5(6(11)12-4)13-7(14)8-3/h2-6,9-11H,1H2,(H,8,14)/t2-,3-,4-,5-,6-/m1/s1. The van der Waals surface area contributed by atoms with E-state index in [1.165, 1.54) is 0 Å². The van der Waals surface area contributed by atoms with Crippen LogP contribution < -0.4 is 5.32 Å². The van der Waals surface area contributed by atoms with Crippen molar-refractivity contribution >= 4 is 17.4 Å². The molecule has 5 atom stereocenters. The van der Waals surface area contributed by atoms with Gasteiger partial charge in [0.15, 0.2) is 12.4 Å². The summed E-state index contributed by atoms with van der Waals surface area (Å²) in [6.45, 7) is -0.435. The van der Waals surface area contributed by atoms with E-state index in [2.05, 4.69) is 5.32 Å². The highest BCUT2D eigenvalue weighted by atomic mass is 32.1. The van der Waals surface area contributed by atoms with E-state index in [4.69, 9.17) is 26.8 Å². The van der Waals surface area contributed by atoms with Crippen molar-refractivity contribution in [2.24, 2.45) is 0 Å². The van der Waals surface area contributed by atoms with E-state index in [0.29, 0.717) is 0 Å². The molecule has 4 N–H and O–H groups in total. The number of thiocarbonyl (C=S) groups is 1. The van der Waals surface area contributed by atoms with Crippen LogP contribution in [-0.4, -0.2) is 57.7 Å². The van der Waals surface area contributed by atoms with Gasteiger partial charge < -0.3 is 30.1 Å². The van der Waals surface area contributed by atoms with Crippen LogP contribution in [0.2, 0.25) is 0 Å². The van der Waals surface area contributed by atoms with Crippen molar-refractivity contribution in [3.05, 3.63) is 0 Å². The molecule has 2 aliphatic rings. The number of hydrogen-bond donors (Lipinski definition) is 4. The Hall–Kier alpha value is -0.470. The number of aliphatic hydroxyl groups excluding tert-OH is 3. The van der Waals surface area contributed by atoms with Crippen LogP contribution in [0.25, 0.3) is 0 Å². The number of nitrogens with one attached hydrogen (secondary N) is 1. The lowest BCUT2D eigenvalue weighted by atomic mass is 10.0. The Labute approximate surface area is 85.4 Å². The summed E-state index contributed by atoms with van der Waals surface area (Å²) in [6.07, 6.45) is -3.50. The van der Waals surface area contributed by atoms with Gasteiger partial charge in [-0.25, -0.2) is 0 Å². The van der Waals surface area contributed by atoms with Gasteiger partial charge in [0.05, 0.1) is 6.61 Å². The first kappa shape index (κ1) is 10.1. The molecule has 2 rings (SSSR count). The zero-order valence-electron chi connectivity index (χ0n) is 7.16. The highest BCUT2D eigenvalue weighted by Crippen LogP contribution is 2.28. The monoisotopic (exact) mass is 221 g/mol. The van der Waals surface area contributed by atoms with E-state index in [1.54, 1.807) is 0 Å². The average molecular weight is 221 g/mol. The van der Waals surface area contributed by atoms with Crippen LogP contribution in [-0.2, 0) is 9.47 Å². The summed E-state index contributed by atoms with van der Waals surface area (Å²) in [4.78, 5) is 0. The molecule has 0 aromatic carbocycles. The molecule has 0 spiro atoms. The van der Waals surface area contributed by atoms with Gasteiger partial charge in [0, 0.05) is 0 Å². The van der Waals surface area contributed by atoms with Gasteiger partial charge in [-0.15, -0.1) is 0 Å². The van der Waals surface area contributed by atoms with E-state index in [0.717, 1.165) is 0 Å². The van der Waals surface area contributed by atoms with Crippen LogP contribution in [0.3, 0.4) is 0 Å². The molecular weight excluding hydrogens is 210 g/mol. The van der Waals surface area contributed by atoms with Gasteiger partial charge in [-0.1, -0.05) is 0 Å². The number of fused-ring (bicyclic) bond motifs is 1. The Morgan fingerprint density at radius 3 is 2.93 bits per heavy atom. The van der Waals surface area contributed by atoms with Crippen LogP contribution in [0.15, 0.2) is 0 Å². The molecule has 0 bridgehead atoms. The fraction of sp³-hybridized carbons (Fsp3) is 0.857. The van der Waals surface area contributed by atoms with E-state index >= 15 is 0 Å². The second-order valence-corrected chi connectivity index (χ2v) is 3.65. The molecule has 0 saturated carbocycles. The maximum atomic E-state index is 9.39. The summed E-state index contributed by atoms with van der Waals surface area (Å²) < 4.78 is 10.1. The first-order valence-electron chi connectivity index (χ1n) is 4.23. The molecule has 2 aliphatic heterocycles. The summed E-state index contributed by atoms with van der Waals surface area (Å²) in [5.41, 5.74) is 0. The lowest BCUT2D eigenvalue weighted by molar-refractivity contribution is -0.148. The van der Waals surface area contributed by atoms with Crippen molar-refractivity contribution < 1.29 is 24.8 Å². The van der Waals surface area contributed by atoms with Crippen LogP contribution in [0, 0.1) is 0 Å². The molecule has 0 amide bonds. The zero-order chi connectivity index (χ0) is 10.3. The van der Waals surface area contributed by atoms with E-state index < -0.39 is 37.3 Å². The minimum absolute atomic E-state index is 0.178. The van der Waals surface area contributed by atoms with Gasteiger partial charge in [-0.05, 0) is 12.2 Å². The second kappa shape index (κ2) is 3.59. The number of hydrogen-bond acceptors (Lipinski definition) is 6. The Morgan fingerprint density at radius 2 is 2.29 bits per heavy atom. The number of rotatable bonds is 2. The van der Waals surface area contributed by atoms with Crippen LogP contribution in [0.4, 0.5) is 0 Å². The molecule has 0 aliphatic carbocycles. The van der Waals surface area contributed by atoms with Crippen molar-refractivity contribution in [1.29, 1.82) is 0 Å². The molecule has 2 fully saturated rings. The predicted molar refractivity (Wildman–Crippen MR) is 48.4 cm³/mol. The van der Waals surface area contributed by atoms with E-state index in [9.17, 15) is 10.2 Å². The van der Waals surface area contributed by atoms with Crippen LogP contribution in [0.1, 0.15) is 0 Å². The highest BCUT2D eigenvalue weighted by Gasteiger charge is 2.52. The highest BCUT2D eigenvalue weighted by molar-refractivity contribution is 7.80. The van der Waals surface area contributed by atoms with Gasteiger partial charge in [-0.3, -0.25) is 0 Å². The van der Waals surface area contributed by atoms with Crippen LogP contribution in [0.5, 0.6) is 0 Å². The third-order valence-corrected chi connectivity index (χ3v) is 2.59. The maximum Gasteiger partial charge on any atom is 0.257 e. The lowest BCUT2D eigenvalue weighted by Crippen LogP contribution is -2.45. The fourth-order valence-corrected chi connectivity index (χ4v) is 1.96. The van der Waals surface area contributed by atoms with Crippen molar-refractivity contribution in [3.8, 4) is 0 Å². The van der Waals surface area contributed by atoms with E-state index in [-0.39, 0.29) is 5.17 Å². The Bertz CT molecular complexity index is 250. The summed E-state index contributed by atoms with van der Waals surface area (Å²) in [6, 6.07) is -0.403. The van der Waals surface area contributed by atoms with Crippen LogP contribution >= 0.6 is 12.2 Å². The number of ether oxygens (including phenoxy) is 2. The molecule has 2 saturated heterocycles. The van der Waals surface area contributed by atoms with Gasteiger partial charge in [0.25, 0.3) is 5.17 Å². The molecular formula is C7H11NO5S. The molecule has 80 valence electrons. The lowest BCUT2D eigenvalue weighted by Gasteiger charge is -2.19. The van der Waals surface area contributed by atoms with Crippen molar-refractivity contribution in [2.45, 2.75) is 30.6 Å². The van der Waals surface area contributed by atoms with Gasteiger partial charge in [0.2, 0.25) is 0 Å². The molecule has 0 radical (unpaired) electrons. The molecule has 6 nitrogen and oxygen atoms in total. The molecule has 0 aromatic rings. The summed E-state index contributed by atoms with van der Waals surface area (Å²) in [5.74, 6) is 0. The molecule has 0 aromatic heterocycles. The SMILES string of the molecule is OC[C@@H](O)[C@H]1O[C@@H](O)[C@@H]2OC(=S)N[C@@H]21. The van der Waals surface area contributed by atoms with Gasteiger partial charge in [0.1, 0.15) is 18.2 Å². The van der Waals surface area contributed by atoms with Gasteiger partial charge >= 0.3 is 0 Å². The molecule has 7 heteroatoms. The third kappa shape index (κ3) is 1.47. The minimum atomic E-state index is -1.13. The minimum Gasteiger partial charge on any atom is -0.460 e. The predicted octanol–water partition coefficient (Wildman–Crippen LogP) is -2.30. The first-order valence-corrected chi connectivity index (χ1v) is 4.64. The summed E-state index contributed by atoms with van der Waals surface area (Å²) >= 11 is 4.76. The normalized spacial score (nSPS) is 42.9. The summed E-state index contributed by atoms with van der Waals surface area (Å²) in [5, 5.41) is 30.5. The first-order chi connectivity index (χ1) is 6.63. The fourth-order valence-electron chi connectivity index (χ4n) is 1.71. The summed E-state index contributed by atoms with van der Waals surface area (Å²) in [7, 11) is 0. The van der Waals surface area contributed by atoms with Crippen molar-refractivity contribution in [2.75, 3.05) is 6.61 Å². The largest absolute Gasteiger partial charge is 0.460 e. The molecule has 14 heavy (non-hydrogen) atoms. The smallest absolute Gasteiger partial charge is 0.257 e. The average Bonchev–Trinajstić information content (AvgIpc) is 2.65. The van der Waals surface area contributed by atoms with Crippen molar-refractivity contribution in [1.82, 2.24) is 5.32 Å². The number of aliphatic hydroxyl groups is 3.